The highest BCUT2D eigenvalue weighted by molar-refractivity contribution is 6.06. The largest absolute Gasteiger partial charge is 0.507 e. The molecule has 0 unspecified atom stereocenters. The molecule has 22 heavy (non-hydrogen) atoms. The van der Waals surface area contributed by atoms with Crippen LogP contribution in [0.3, 0.4) is 0 Å². The number of phenols is 1. The van der Waals surface area contributed by atoms with Crippen LogP contribution in [0.5, 0.6) is 5.75 Å². The number of para-hydroxylation sites is 1. The molecule has 3 heteroatoms. The van der Waals surface area contributed by atoms with Gasteiger partial charge in [0.05, 0.1) is 0 Å². The molecule has 2 aromatic carbocycles. The normalized spacial score (nSPS) is 11.4. The Morgan fingerprint density at radius 2 is 1.77 bits per heavy atom. The molecule has 0 amide bonds. The van der Waals surface area contributed by atoms with E-state index < -0.39 is 0 Å². The number of phenolic OH excluding ortho intramolecular Hbond substituents is 1. The number of hydrogen-bond donors (Lipinski definition) is 1. The number of hydrogen-bond acceptors (Lipinski definition) is 3. The van der Waals surface area contributed by atoms with Gasteiger partial charge in [-0.05, 0) is 60.9 Å². The Balaban J connectivity index is 1.87. The van der Waals surface area contributed by atoms with Gasteiger partial charge in [0, 0.05) is 5.39 Å². The zero-order valence-corrected chi connectivity index (χ0v) is 12.5. The Morgan fingerprint density at radius 3 is 2.45 bits per heavy atom. The van der Waals surface area contributed by atoms with E-state index in [-0.39, 0.29) is 5.78 Å². The second kappa shape index (κ2) is 5.53. The van der Waals surface area contributed by atoms with Crippen molar-refractivity contribution >= 4 is 22.8 Å². The van der Waals surface area contributed by atoms with E-state index >= 15 is 0 Å². The van der Waals surface area contributed by atoms with E-state index in [2.05, 4.69) is 0 Å². The van der Waals surface area contributed by atoms with Crippen molar-refractivity contribution in [3.8, 4) is 5.75 Å². The first kappa shape index (κ1) is 14.1. The highest BCUT2D eigenvalue weighted by Gasteiger charge is 2.09. The molecular weight excluding hydrogens is 276 g/mol. The van der Waals surface area contributed by atoms with Gasteiger partial charge in [0.25, 0.3) is 0 Å². The summed E-state index contributed by atoms with van der Waals surface area (Å²) in [6.45, 7) is 3.67. The van der Waals surface area contributed by atoms with Gasteiger partial charge in [-0.25, -0.2) is 0 Å². The van der Waals surface area contributed by atoms with E-state index in [9.17, 15) is 9.90 Å². The first-order chi connectivity index (χ1) is 10.5. The minimum Gasteiger partial charge on any atom is -0.507 e. The average Bonchev–Trinajstić information content (AvgIpc) is 2.94. The van der Waals surface area contributed by atoms with Gasteiger partial charge in [0.15, 0.2) is 5.76 Å². The second-order valence-electron chi connectivity index (χ2n) is 5.35. The lowest BCUT2D eigenvalue weighted by atomic mass is 10.0. The number of aryl methyl sites for hydroxylation is 2. The van der Waals surface area contributed by atoms with E-state index in [1.165, 1.54) is 6.08 Å². The molecule has 0 radical (unpaired) electrons. The van der Waals surface area contributed by atoms with Crippen molar-refractivity contribution < 1.29 is 14.3 Å². The number of rotatable bonds is 3. The number of ketones is 1. The minimum atomic E-state index is -0.181. The van der Waals surface area contributed by atoms with Crippen LogP contribution in [0.15, 0.2) is 53.0 Å². The molecule has 110 valence electrons. The predicted molar refractivity (Wildman–Crippen MR) is 87.2 cm³/mol. The number of allylic oxidation sites excluding steroid dienone is 1. The molecule has 0 saturated heterocycles. The summed E-state index contributed by atoms with van der Waals surface area (Å²) in [5.41, 5.74) is 3.15. The van der Waals surface area contributed by atoms with Crippen LogP contribution in [0, 0.1) is 13.8 Å². The lowest BCUT2D eigenvalue weighted by Crippen LogP contribution is -1.91. The minimum absolute atomic E-state index is 0.181. The van der Waals surface area contributed by atoms with Crippen molar-refractivity contribution in [3.05, 3.63) is 71.0 Å². The summed E-state index contributed by atoms with van der Waals surface area (Å²) in [5.74, 6) is 0.435. The van der Waals surface area contributed by atoms with E-state index in [4.69, 9.17) is 4.42 Å². The van der Waals surface area contributed by atoms with Gasteiger partial charge >= 0.3 is 0 Å². The summed E-state index contributed by atoms with van der Waals surface area (Å²) < 4.78 is 5.54. The Hall–Kier alpha value is -2.81. The third kappa shape index (κ3) is 2.66. The third-order valence-electron chi connectivity index (χ3n) is 3.61. The summed E-state index contributed by atoms with van der Waals surface area (Å²) in [5, 5.41) is 10.7. The number of benzene rings is 2. The topological polar surface area (TPSA) is 50.4 Å². The number of aromatic hydroxyl groups is 1. The van der Waals surface area contributed by atoms with Gasteiger partial charge in [-0.1, -0.05) is 24.3 Å². The Labute approximate surface area is 128 Å². The second-order valence-corrected chi connectivity index (χ2v) is 5.35. The summed E-state index contributed by atoms with van der Waals surface area (Å²) in [7, 11) is 0. The molecule has 3 aromatic rings. The fourth-order valence-electron chi connectivity index (χ4n) is 2.44. The van der Waals surface area contributed by atoms with Crippen molar-refractivity contribution in [1.29, 1.82) is 0 Å². The molecule has 0 saturated carbocycles. The van der Waals surface area contributed by atoms with Gasteiger partial charge in [-0.3, -0.25) is 4.79 Å². The highest BCUT2D eigenvalue weighted by atomic mass is 16.3. The zero-order valence-electron chi connectivity index (χ0n) is 12.5. The molecule has 0 aliphatic rings. The molecule has 0 spiro atoms. The predicted octanol–water partition coefficient (Wildman–Crippen LogP) is 4.65. The van der Waals surface area contributed by atoms with Gasteiger partial charge in [0.1, 0.15) is 11.3 Å². The summed E-state index contributed by atoms with van der Waals surface area (Å²) >= 11 is 0. The Kier molecular flexibility index (Phi) is 3.55. The van der Waals surface area contributed by atoms with Crippen molar-refractivity contribution in [2.24, 2.45) is 0 Å². The smallest absolute Gasteiger partial charge is 0.221 e. The number of fused-ring (bicyclic) bond motifs is 1. The van der Waals surface area contributed by atoms with Crippen molar-refractivity contribution in [3.63, 3.8) is 0 Å². The monoisotopic (exact) mass is 292 g/mol. The summed E-state index contributed by atoms with van der Waals surface area (Å²) in [6.07, 6.45) is 3.22. The SMILES string of the molecule is Cc1cc(/C=C/C(=O)c2cc3ccccc3o2)cc(C)c1O. The van der Waals surface area contributed by atoms with Crippen molar-refractivity contribution in [1.82, 2.24) is 0 Å². The van der Waals surface area contributed by atoms with Crippen LogP contribution in [0.4, 0.5) is 0 Å². The Bertz CT molecular complexity index is 829. The zero-order chi connectivity index (χ0) is 15.7. The lowest BCUT2D eigenvalue weighted by molar-refractivity contribution is 0.102. The molecule has 0 atom stereocenters. The third-order valence-corrected chi connectivity index (χ3v) is 3.61. The van der Waals surface area contributed by atoms with Crippen molar-refractivity contribution in [2.75, 3.05) is 0 Å². The first-order valence-electron chi connectivity index (χ1n) is 7.06. The highest BCUT2D eigenvalue weighted by Crippen LogP contribution is 2.24. The van der Waals surface area contributed by atoms with Crippen molar-refractivity contribution in [2.45, 2.75) is 13.8 Å². The summed E-state index contributed by atoms with van der Waals surface area (Å²) in [4.78, 5) is 12.2. The van der Waals surface area contributed by atoms with Gasteiger partial charge in [0.2, 0.25) is 5.78 Å². The van der Waals surface area contributed by atoms with Gasteiger partial charge in [-0.2, -0.15) is 0 Å². The maximum absolute atomic E-state index is 12.2. The molecule has 0 fully saturated rings. The van der Waals surface area contributed by atoms with E-state index in [1.807, 2.05) is 50.2 Å². The van der Waals surface area contributed by atoms with Crippen LogP contribution in [0.2, 0.25) is 0 Å². The van der Waals surface area contributed by atoms with Crippen LogP contribution < -0.4 is 0 Å². The molecule has 1 N–H and O–H groups in total. The number of carbonyl (C=O) groups is 1. The lowest BCUT2D eigenvalue weighted by Gasteiger charge is -2.04. The maximum atomic E-state index is 12.2. The average molecular weight is 292 g/mol. The van der Waals surface area contributed by atoms with Crippen LogP contribution in [0.25, 0.3) is 17.0 Å². The molecule has 3 nitrogen and oxygen atoms in total. The fraction of sp³-hybridized carbons (Fsp3) is 0.105. The molecule has 0 aliphatic heterocycles. The number of carbonyl (C=O) groups excluding carboxylic acids is 1. The number of furan rings is 1. The maximum Gasteiger partial charge on any atom is 0.221 e. The molecular formula is C19H16O3. The van der Waals surface area contributed by atoms with E-state index in [1.54, 1.807) is 12.1 Å². The Morgan fingerprint density at radius 1 is 1.09 bits per heavy atom. The quantitative estimate of drug-likeness (QED) is 0.564. The molecule has 0 aliphatic carbocycles. The van der Waals surface area contributed by atoms with E-state index in [0.717, 1.165) is 22.1 Å². The van der Waals surface area contributed by atoms with Gasteiger partial charge < -0.3 is 9.52 Å². The summed E-state index contributed by atoms with van der Waals surface area (Å²) in [6, 6.07) is 12.9. The first-order valence-corrected chi connectivity index (χ1v) is 7.06. The molecule has 0 bridgehead atoms. The van der Waals surface area contributed by atoms with Crippen LogP contribution in [-0.4, -0.2) is 10.9 Å². The fourth-order valence-corrected chi connectivity index (χ4v) is 2.44. The molecule has 3 rings (SSSR count). The standard InChI is InChI=1S/C19H16O3/c1-12-9-14(10-13(2)19(12)21)7-8-16(20)18-11-15-5-3-4-6-17(15)22-18/h3-11,21H,1-2H3/b8-7+. The van der Waals surface area contributed by atoms with Gasteiger partial charge in [-0.15, -0.1) is 0 Å². The van der Waals surface area contributed by atoms with Crippen LogP contribution in [0.1, 0.15) is 27.2 Å². The van der Waals surface area contributed by atoms with E-state index in [0.29, 0.717) is 17.1 Å². The van der Waals surface area contributed by atoms with Crippen LogP contribution in [-0.2, 0) is 0 Å². The molecule has 1 heterocycles. The van der Waals surface area contributed by atoms with Crippen LogP contribution >= 0.6 is 0 Å². The molecule has 1 aromatic heterocycles.